The van der Waals surface area contributed by atoms with E-state index in [1.54, 1.807) is 19.2 Å². The van der Waals surface area contributed by atoms with Gasteiger partial charge in [0, 0.05) is 37.9 Å². The van der Waals surface area contributed by atoms with E-state index in [0.29, 0.717) is 31.0 Å². The van der Waals surface area contributed by atoms with E-state index >= 15 is 0 Å². The molecular formula is C20H28N2O7. The van der Waals surface area contributed by atoms with E-state index < -0.39 is 6.10 Å². The number of ether oxygens (including phenoxy) is 4. The van der Waals surface area contributed by atoms with Gasteiger partial charge in [0.05, 0.1) is 25.7 Å². The Kier molecular flexibility index (Phi) is 7.43. The lowest BCUT2D eigenvalue weighted by Crippen LogP contribution is -2.47. The molecule has 1 saturated heterocycles. The van der Waals surface area contributed by atoms with E-state index in [2.05, 4.69) is 10.6 Å². The summed E-state index contributed by atoms with van der Waals surface area (Å²) in [5, 5.41) is 15.4. The largest absolute Gasteiger partial charge is 0.487 e. The number of methoxy groups -OCH3 is 2. The van der Waals surface area contributed by atoms with Crippen molar-refractivity contribution in [1.29, 1.82) is 0 Å². The van der Waals surface area contributed by atoms with Crippen molar-refractivity contribution in [1.82, 2.24) is 5.32 Å². The highest BCUT2D eigenvalue weighted by atomic mass is 16.6. The zero-order valence-corrected chi connectivity index (χ0v) is 16.7. The summed E-state index contributed by atoms with van der Waals surface area (Å²) in [5.41, 5.74) is 1.59. The van der Waals surface area contributed by atoms with E-state index in [0.717, 1.165) is 5.56 Å². The molecule has 9 heteroatoms. The Balaban J connectivity index is 1.70. The smallest absolute Gasteiger partial charge is 0.250 e. The van der Waals surface area contributed by atoms with Crippen LogP contribution in [0.4, 0.5) is 5.69 Å². The molecule has 1 aromatic rings. The molecule has 160 valence electrons. The standard InChI is InChI=1S/C20H28N2O7/c1-26-6-5-21-18(24)9-13-8-15-14-7-12(22-19(25)11-27-2)3-4-16(14)29-20(15)17(10-23)28-13/h3-4,7,13,15,17,20,23H,5-6,8-11H2,1-2H3,(H,21,24)(H,22,25)/t13-,15+,17-,20-/m0/s1. The molecule has 3 rings (SSSR count). The van der Waals surface area contributed by atoms with Crippen LogP contribution in [0.1, 0.15) is 24.3 Å². The molecule has 0 spiro atoms. The molecule has 0 radical (unpaired) electrons. The molecule has 0 bridgehead atoms. The van der Waals surface area contributed by atoms with E-state index in [-0.39, 0.29) is 49.6 Å². The van der Waals surface area contributed by atoms with Gasteiger partial charge in [-0.3, -0.25) is 9.59 Å². The maximum atomic E-state index is 12.2. The summed E-state index contributed by atoms with van der Waals surface area (Å²) in [4.78, 5) is 24.0. The van der Waals surface area contributed by atoms with Crippen molar-refractivity contribution in [2.24, 2.45) is 0 Å². The van der Waals surface area contributed by atoms with Crippen molar-refractivity contribution in [2.75, 3.05) is 45.9 Å². The van der Waals surface area contributed by atoms with E-state index in [1.165, 1.54) is 7.11 Å². The van der Waals surface area contributed by atoms with Crippen molar-refractivity contribution in [2.45, 2.75) is 37.1 Å². The minimum absolute atomic E-state index is 0.0275. The molecule has 1 fully saturated rings. The normalized spacial score (nSPS) is 24.9. The predicted octanol–water partition coefficient (Wildman–Crippen LogP) is 0.419. The number of anilines is 1. The number of fused-ring (bicyclic) bond motifs is 3. The molecule has 2 heterocycles. The summed E-state index contributed by atoms with van der Waals surface area (Å²) >= 11 is 0. The molecule has 1 aromatic carbocycles. The number of amides is 2. The number of rotatable bonds is 9. The molecule has 2 amide bonds. The number of hydrogen-bond donors (Lipinski definition) is 3. The predicted molar refractivity (Wildman–Crippen MR) is 104 cm³/mol. The molecule has 3 N–H and O–H groups in total. The van der Waals surface area contributed by atoms with Gasteiger partial charge in [0.2, 0.25) is 11.8 Å². The van der Waals surface area contributed by atoms with Gasteiger partial charge in [0.1, 0.15) is 24.6 Å². The topological polar surface area (TPSA) is 115 Å². The number of aliphatic hydroxyl groups is 1. The fourth-order valence-corrected chi connectivity index (χ4v) is 3.87. The average molecular weight is 408 g/mol. The zero-order valence-electron chi connectivity index (χ0n) is 16.7. The maximum absolute atomic E-state index is 12.2. The first-order valence-electron chi connectivity index (χ1n) is 9.67. The first-order chi connectivity index (χ1) is 14.0. The second-order valence-corrected chi connectivity index (χ2v) is 7.18. The van der Waals surface area contributed by atoms with Gasteiger partial charge in [-0.1, -0.05) is 0 Å². The molecule has 0 aliphatic carbocycles. The molecule has 2 aliphatic heterocycles. The van der Waals surface area contributed by atoms with Crippen LogP contribution in [-0.4, -0.2) is 75.8 Å². The van der Waals surface area contributed by atoms with Gasteiger partial charge in [-0.15, -0.1) is 0 Å². The Morgan fingerprint density at radius 1 is 1.24 bits per heavy atom. The monoisotopic (exact) mass is 408 g/mol. The van der Waals surface area contributed by atoms with Gasteiger partial charge in [0.25, 0.3) is 0 Å². The van der Waals surface area contributed by atoms with Crippen LogP contribution in [0.5, 0.6) is 5.75 Å². The highest BCUT2D eigenvalue weighted by molar-refractivity contribution is 5.91. The highest BCUT2D eigenvalue weighted by Crippen LogP contribution is 2.47. The fourth-order valence-electron chi connectivity index (χ4n) is 3.87. The number of carbonyl (C=O) groups is 2. The van der Waals surface area contributed by atoms with Crippen LogP contribution < -0.4 is 15.4 Å². The SMILES string of the molecule is COCCNC(=O)C[C@@H]1C[C@@H]2c3cc(NC(=O)COC)ccc3O[C@@H]2[C@H](CO)O1. The third-order valence-electron chi connectivity index (χ3n) is 5.10. The summed E-state index contributed by atoms with van der Waals surface area (Å²) in [6, 6.07) is 5.44. The average Bonchev–Trinajstić information content (AvgIpc) is 3.06. The lowest BCUT2D eigenvalue weighted by molar-refractivity contribution is -0.142. The van der Waals surface area contributed by atoms with Gasteiger partial charge < -0.3 is 34.7 Å². The Labute approximate surface area is 169 Å². The van der Waals surface area contributed by atoms with E-state index in [9.17, 15) is 14.7 Å². The van der Waals surface area contributed by atoms with Crippen LogP contribution in [0.2, 0.25) is 0 Å². The molecule has 0 saturated carbocycles. The van der Waals surface area contributed by atoms with Crippen LogP contribution in [-0.2, 0) is 23.8 Å². The second kappa shape index (κ2) is 10.0. The third-order valence-corrected chi connectivity index (χ3v) is 5.10. The van der Waals surface area contributed by atoms with Crippen LogP contribution in [0.25, 0.3) is 0 Å². The van der Waals surface area contributed by atoms with Gasteiger partial charge in [-0.25, -0.2) is 0 Å². The minimum Gasteiger partial charge on any atom is -0.487 e. The highest BCUT2D eigenvalue weighted by Gasteiger charge is 2.46. The summed E-state index contributed by atoms with van der Waals surface area (Å²) in [7, 11) is 3.04. The third kappa shape index (κ3) is 5.24. The Morgan fingerprint density at radius 3 is 2.79 bits per heavy atom. The van der Waals surface area contributed by atoms with Gasteiger partial charge in [-0.05, 0) is 24.6 Å². The van der Waals surface area contributed by atoms with Gasteiger partial charge in [-0.2, -0.15) is 0 Å². The number of nitrogens with one attached hydrogen (secondary N) is 2. The van der Waals surface area contributed by atoms with E-state index in [4.69, 9.17) is 18.9 Å². The summed E-state index contributed by atoms with van der Waals surface area (Å²) in [6.07, 6.45) is -0.404. The summed E-state index contributed by atoms with van der Waals surface area (Å²) < 4.78 is 21.7. The Morgan fingerprint density at radius 2 is 2.07 bits per heavy atom. The molecule has 0 unspecified atom stereocenters. The molecule has 9 nitrogen and oxygen atoms in total. The Bertz CT molecular complexity index is 727. The van der Waals surface area contributed by atoms with Crippen LogP contribution >= 0.6 is 0 Å². The zero-order chi connectivity index (χ0) is 20.8. The van der Waals surface area contributed by atoms with Crippen molar-refractivity contribution in [3.8, 4) is 5.75 Å². The molecular weight excluding hydrogens is 380 g/mol. The summed E-state index contributed by atoms with van der Waals surface area (Å²) in [6.45, 7) is 0.655. The molecule has 29 heavy (non-hydrogen) atoms. The quantitative estimate of drug-likeness (QED) is 0.507. The number of hydrogen-bond acceptors (Lipinski definition) is 7. The van der Waals surface area contributed by atoms with Crippen LogP contribution in [0.15, 0.2) is 18.2 Å². The van der Waals surface area contributed by atoms with Crippen molar-refractivity contribution >= 4 is 17.5 Å². The first kappa shape index (κ1) is 21.5. The molecule has 2 aliphatic rings. The fraction of sp³-hybridized carbons (Fsp3) is 0.600. The van der Waals surface area contributed by atoms with Crippen LogP contribution in [0, 0.1) is 0 Å². The summed E-state index contributed by atoms with van der Waals surface area (Å²) in [5.74, 6) is 0.305. The maximum Gasteiger partial charge on any atom is 0.250 e. The molecule has 0 aromatic heterocycles. The van der Waals surface area contributed by atoms with Gasteiger partial charge in [0.15, 0.2) is 0 Å². The lowest BCUT2D eigenvalue weighted by Gasteiger charge is -2.37. The van der Waals surface area contributed by atoms with Crippen molar-refractivity contribution in [3.05, 3.63) is 23.8 Å². The van der Waals surface area contributed by atoms with Crippen molar-refractivity contribution in [3.63, 3.8) is 0 Å². The lowest BCUT2D eigenvalue weighted by atomic mass is 9.84. The van der Waals surface area contributed by atoms with Gasteiger partial charge >= 0.3 is 0 Å². The number of benzene rings is 1. The number of carbonyl (C=O) groups excluding carboxylic acids is 2. The number of aliphatic hydroxyl groups excluding tert-OH is 1. The second-order valence-electron chi connectivity index (χ2n) is 7.18. The first-order valence-corrected chi connectivity index (χ1v) is 9.67. The van der Waals surface area contributed by atoms with Crippen LogP contribution in [0.3, 0.4) is 0 Å². The minimum atomic E-state index is -0.524. The van der Waals surface area contributed by atoms with Crippen molar-refractivity contribution < 1.29 is 33.6 Å². The van der Waals surface area contributed by atoms with E-state index in [1.807, 2.05) is 6.07 Å². The Hall–Kier alpha value is -2.20. The molecule has 4 atom stereocenters.